The lowest BCUT2D eigenvalue weighted by molar-refractivity contribution is 0.609. The first-order valence-electron chi connectivity index (χ1n) is 4.29. The van der Waals surface area contributed by atoms with Crippen molar-refractivity contribution in [2.24, 2.45) is 0 Å². The van der Waals surface area contributed by atoms with Gasteiger partial charge in [-0.2, -0.15) is 0 Å². The minimum absolute atomic E-state index is 0.0375. The lowest BCUT2D eigenvalue weighted by Crippen LogP contribution is -2.00. The monoisotopic (exact) mass is 261 g/mol. The van der Waals surface area contributed by atoms with Crippen LogP contribution < -0.4 is 0 Å². The zero-order valence-corrected chi connectivity index (χ0v) is 10.1. The summed E-state index contributed by atoms with van der Waals surface area (Å²) in [4.78, 5) is 4.16. The molecule has 6 heteroatoms. The van der Waals surface area contributed by atoms with Gasteiger partial charge in [-0.15, -0.1) is 11.3 Å². The predicted molar refractivity (Wildman–Crippen MR) is 63.0 cm³/mol. The van der Waals surface area contributed by atoms with Crippen molar-refractivity contribution >= 4 is 41.3 Å². The molecule has 1 heterocycles. The summed E-state index contributed by atoms with van der Waals surface area (Å²) >= 11 is 1.56. The third-order valence-corrected chi connectivity index (χ3v) is 3.99. The summed E-state index contributed by atoms with van der Waals surface area (Å²) in [6.07, 6.45) is 0.430. The van der Waals surface area contributed by atoms with Gasteiger partial charge in [0.1, 0.15) is 0 Å². The van der Waals surface area contributed by atoms with E-state index in [0.717, 1.165) is 15.8 Å². The Morgan fingerprint density at radius 1 is 1.40 bits per heavy atom. The molecule has 0 saturated carbocycles. The summed E-state index contributed by atoms with van der Waals surface area (Å²) in [6, 6.07) is 5.75. The Morgan fingerprint density at radius 3 is 2.93 bits per heavy atom. The molecule has 0 unspecified atom stereocenters. The van der Waals surface area contributed by atoms with Crippen molar-refractivity contribution in [2.75, 3.05) is 5.75 Å². The highest BCUT2D eigenvalue weighted by atomic mass is 35.7. The van der Waals surface area contributed by atoms with Crippen LogP contribution in [0.25, 0.3) is 10.2 Å². The molecule has 0 spiro atoms. The van der Waals surface area contributed by atoms with E-state index in [0.29, 0.717) is 6.42 Å². The zero-order valence-electron chi connectivity index (χ0n) is 7.68. The summed E-state index contributed by atoms with van der Waals surface area (Å²) in [5.74, 6) is -0.0375. The molecular weight excluding hydrogens is 254 g/mol. The Balaban J connectivity index is 2.21. The van der Waals surface area contributed by atoms with E-state index >= 15 is 0 Å². The van der Waals surface area contributed by atoms with Crippen molar-refractivity contribution in [1.82, 2.24) is 4.98 Å². The molecule has 1 aromatic carbocycles. The molecule has 0 aliphatic heterocycles. The summed E-state index contributed by atoms with van der Waals surface area (Å²) in [6.45, 7) is 0. The fourth-order valence-corrected chi connectivity index (χ4v) is 2.67. The van der Waals surface area contributed by atoms with Crippen LogP contribution in [0.5, 0.6) is 0 Å². The molecule has 0 N–H and O–H groups in total. The molecule has 0 atom stereocenters. The number of hydrogen-bond acceptors (Lipinski definition) is 4. The van der Waals surface area contributed by atoms with E-state index in [4.69, 9.17) is 10.7 Å². The highest BCUT2D eigenvalue weighted by Crippen LogP contribution is 2.19. The van der Waals surface area contributed by atoms with Crippen LogP contribution in [-0.4, -0.2) is 19.2 Å². The van der Waals surface area contributed by atoms with Gasteiger partial charge in [0.25, 0.3) is 0 Å². The standard InChI is InChI=1S/C9H8ClNO2S2/c10-15(12,13)4-3-7-1-2-9-8(5-7)11-6-14-9/h1-2,5-6H,3-4H2. The second kappa shape index (κ2) is 4.08. The number of thiazole rings is 1. The van der Waals surface area contributed by atoms with Gasteiger partial charge in [-0.25, -0.2) is 13.4 Å². The smallest absolute Gasteiger partial charge is 0.232 e. The number of halogens is 1. The number of hydrogen-bond donors (Lipinski definition) is 0. The Hall–Kier alpha value is -0.650. The average molecular weight is 262 g/mol. The minimum atomic E-state index is -3.41. The molecule has 0 amide bonds. The maximum absolute atomic E-state index is 10.8. The van der Waals surface area contributed by atoms with Crippen LogP contribution in [0.3, 0.4) is 0 Å². The van der Waals surface area contributed by atoms with E-state index in [1.165, 1.54) is 0 Å². The number of aryl methyl sites for hydroxylation is 1. The van der Waals surface area contributed by atoms with Crippen LogP contribution in [0.4, 0.5) is 0 Å². The Labute approximate surface area is 96.1 Å². The average Bonchev–Trinajstić information content (AvgIpc) is 2.60. The van der Waals surface area contributed by atoms with Crippen molar-refractivity contribution in [3.05, 3.63) is 29.3 Å². The van der Waals surface area contributed by atoms with Crippen molar-refractivity contribution in [3.8, 4) is 0 Å². The first-order chi connectivity index (χ1) is 7.04. The Bertz CT molecular complexity index is 577. The minimum Gasteiger partial charge on any atom is -0.245 e. The maximum atomic E-state index is 10.8. The normalized spacial score (nSPS) is 12.1. The Morgan fingerprint density at radius 2 is 2.20 bits per heavy atom. The lowest BCUT2D eigenvalue weighted by Gasteiger charge is -1.98. The van der Waals surface area contributed by atoms with Gasteiger partial charge >= 0.3 is 0 Å². The van der Waals surface area contributed by atoms with Crippen LogP contribution in [0.1, 0.15) is 5.56 Å². The van der Waals surface area contributed by atoms with E-state index in [-0.39, 0.29) is 5.75 Å². The van der Waals surface area contributed by atoms with Gasteiger partial charge in [0, 0.05) is 10.7 Å². The van der Waals surface area contributed by atoms with Gasteiger partial charge in [0.05, 0.1) is 21.5 Å². The third-order valence-electron chi connectivity index (χ3n) is 2.03. The number of aromatic nitrogens is 1. The van der Waals surface area contributed by atoms with Crippen molar-refractivity contribution in [1.29, 1.82) is 0 Å². The molecule has 1 aromatic heterocycles. The Kier molecular flexibility index (Phi) is 2.95. The molecule has 0 saturated heterocycles. The molecule has 0 fully saturated rings. The summed E-state index contributed by atoms with van der Waals surface area (Å²) < 4.78 is 22.6. The lowest BCUT2D eigenvalue weighted by atomic mass is 10.2. The van der Waals surface area contributed by atoms with Crippen molar-refractivity contribution in [3.63, 3.8) is 0 Å². The molecule has 0 aliphatic carbocycles. The van der Waals surface area contributed by atoms with Crippen LogP contribution in [0.2, 0.25) is 0 Å². The third kappa shape index (κ3) is 2.90. The van der Waals surface area contributed by atoms with E-state index in [9.17, 15) is 8.42 Å². The van der Waals surface area contributed by atoms with E-state index in [1.807, 2.05) is 18.2 Å². The van der Waals surface area contributed by atoms with Gasteiger partial charge in [-0.1, -0.05) is 6.07 Å². The molecule has 0 aliphatic rings. The van der Waals surface area contributed by atoms with E-state index in [1.54, 1.807) is 16.8 Å². The number of benzene rings is 1. The number of rotatable bonds is 3. The van der Waals surface area contributed by atoms with Crippen LogP contribution >= 0.6 is 22.0 Å². The second-order valence-corrected chi connectivity index (χ2v) is 6.93. The van der Waals surface area contributed by atoms with Crippen molar-refractivity contribution < 1.29 is 8.42 Å². The van der Waals surface area contributed by atoms with Gasteiger partial charge in [-0.3, -0.25) is 0 Å². The molecule has 0 radical (unpaired) electrons. The topological polar surface area (TPSA) is 47.0 Å². The molecule has 2 aromatic rings. The van der Waals surface area contributed by atoms with Crippen LogP contribution in [-0.2, 0) is 15.5 Å². The molecular formula is C9H8ClNO2S2. The van der Waals surface area contributed by atoms with E-state index < -0.39 is 9.05 Å². The van der Waals surface area contributed by atoms with Gasteiger partial charge in [0.15, 0.2) is 0 Å². The highest BCUT2D eigenvalue weighted by molar-refractivity contribution is 8.13. The molecule has 15 heavy (non-hydrogen) atoms. The fraction of sp³-hybridized carbons (Fsp3) is 0.222. The van der Waals surface area contributed by atoms with Crippen LogP contribution in [0.15, 0.2) is 23.7 Å². The molecule has 2 rings (SSSR count). The van der Waals surface area contributed by atoms with E-state index in [2.05, 4.69) is 4.98 Å². The summed E-state index contributed by atoms with van der Waals surface area (Å²) in [5.41, 5.74) is 3.62. The second-order valence-electron chi connectivity index (χ2n) is 3.15. The number of fused-ring (bicyclic) bond motifs is 1. The first kappa shape index (κ1) is 10.9. The molecule has 0 bridgehead atoms. The first-order valence-corrected chi connectivity index (χ1v) is 7.65. The van der Waals surface area contributed by atoms with Crippen molar-refractivity contribution in [2.45, 2.75) is 6.42 Å². The summed E-state index contributed by atoms with van der Waals surface area (Å²) in [7, 11) is 1.73. The van der Waals surface area contributed by atoms with Crippen LogP contribution in [0, 0.1) is 0 Å². The van der Waals surface area contributed by atoms with Gasteiger partial charge in [-0.05, 0) is 24.1 Å². The largest absolute Gasteiger partial charge is 0.245 e. The van der Waals surface area contributed by atoms with Gasteiger partial charge in [0.2, 0.25) is 9.05 Å². The maximum Gasteiger partial charge on any atom is 0.232 e. The fourth-order valence-electron chi connectivity index (χ4n) is 1.30. The quantitative estimate of drug-likeness (QED) is 0.797. The zero-order chi connectivity index (χ0) is 10.9. The van der Waals surface area contributed by atoms with Gasteiger partial charge < -0.3 is 0 Å². The summed E-state index contributed by atoms with van der Waals surface area (Å²) in [5, 5.41) is 0. The molecule has 80 valence electrons. The number of nitrogens with zero attached hydrogens (tertiary/aromatic N) is 1. The highest BCUT2D eigenvalue weighted by Gasteiger charge is 2.06. The SMILES string of the molecule is O=S(=O)(Cl)CCc1ccc2scnc2c1. The molecule has 3 nitrogen and oxygen atoms in total. The predicted octanol–water partition coefficient (Wildman–Crippen LogP) is 2.41.